The number of nitrogens with one attached hydrogen (secondary N) is 2. The van der Waals surface area contributed by atoms with Crippen molar-refractivity contribution in [1.29, 1.82) is 0 Å². The summed E-state index contributed by atoms with van der Waals surface area (Å²) in [5.41, 5.74) is 5.66. The molecular formula is C38H39ClFN7O3. The van der Waals surface area contributed by atoms with Crippen LogP contribution < -0.4 is 10.1 Å². The first kappa shape index (κ1) is 33.6. The standard InChI is InChI=1S/C38H39ClFN7O3/c1-49-20-19-47-34-12-10-26(38(48)41-16-13-35-42-31-5-2-3-6-32(31)43-35)21-33(34)44-36(47)23-46-17-14-25(15-18-46)30-7-4-8-37(45-30)50-24-27-9-11-28(39)22-29(27)40/h2-12,21-22,25H,13-20,23-24H2,1H3,(H,41,48)(H,42,43). The molecule has 1 fully saturated rings. The first-order valence-electron chi connectivity index (χ1n) is 16.9. The Morgan fingerprint density at radius 3 is 2.68 bits per heavy atom. The zero-order valence-corrected chi connectivity index (χ0v) is 28.6. The number of likely N-dealkylation sites (tertiary alicyclic amines) is 1. The Morgan fingerprint density at radius 1 is 1.00 bits per heavy atom. The average Bonchev–Trinajstić information content (AvgIpc) is 3.70. The van der Waals surface area contributed by atoms with E-state index in [0.29, 0.717) is 60.6 Å². The van der Waals surface area contributed by atoms with Crippen LogP contribution in [0.25, 0.3) is 22.1 Å². The van der Waals surface area contributed by atoms with Crippen molar-refractivity contribution >= 4 is 39.6 Å². The number of rotatable bonds is 13. The van der Waals surface area contributed by atoms with Gasteiger partial charge >= 0.3 is 0 Å². The Bertz CT molecular complexity index is 2070. The van der Waals surface area contributed by atoms with E-state index in [-0.39, 0.29) is 12.5 Å². The molecule has 7 rings (SSSR count). The van der Waals surface area contributed by atoms with Crippen LogP contribution in [0.4, 0.5) is 4.39 Å². The molecule has 2 N–H and O–H groups in total. The fourth-order valence-electron chi connectivity index (χ4n) is 6.51. The van der Waals surface area contributed by atoms with Crippen molar-refractivity contribution in [3.63, 3.8) is 0 Å². The lowest BCUT2D eigenvalue weighted by Crippen LogP contribution is -2.33. The van der Waals surface area contributed by atoms with E-state index in [0.717, 1.165) is 65.3 Å². The maximum Gasteiger partial charge on any atom is 0.251 e. The number of methoxy groups -OCH3 is 1. The molecule has 258 valence electrons. The second kappa shape index (κ2) is 15.4. The van der Waals surface area contributed by atoms with Crippen molar-refractivity contribution in [2.45, 2.75) is 44.9 Å². The molecule has 0 unspecified atom stereocenters. The number of aromatic nitrogens is 5. The SMILES string of the molecule is COCCn1c(CN2CCC(c3cccc(OCc4ccc(Cl)cc4F)n3)CC2)nc2cc(C(=O)NCCc3nc4ccccc4[nH]3)ccc21. The molecule has 50 heavy (non-hydrogen) atoms. The monoisotopic (exact) mass is 695 g/mol. The van der Waals surface area contributed by atoms with Gasteiger partial charge in [-0.15, -0.1) is 0 Å². The van der Waals surface area contributed by atoms with Gasteiger partial charge in [-0.1, -0.05) is 35.9 Å². The van der Waals surface area contributed by atoms with Crippen LogP contribution in [0.15, 0.2) is 78.9 Å². The minimum atomic E-state index is -0.395. The third-order valence-electron chi connectivity index (χ3n) is 9.20. The number of nitrogens with zero attached hydrogens (tertiary/aromatic N) is 5. The summed E-state index contributed by atoms with van der Waals surface area (Å²) < 4.78 is 27.7. The maximum atomic E-state index is 14.2. The van der Waals surface area contributed by atoms with Gasteiger partial charge in [0, 0.05) is 60.4 Å². The highest BCUT2D eigenvalue weighted by molar-refractivity contribution is 6.30. The van der Waals surface area contributed by atoms with Crippen LogP contribution in [0, 0.1) is 5.82 Å². The number of benzene rings is 3. The number of carbonyl (C=O) groups is 1. The molecule has 0 saturated carbocycles. The van der Waals surface area contributed by atoms with Crippen LogP contribution in [0.1, 0.15) is 52.0 Å². The third kappa shape index (κ3) is 7.80. The topological polar surface area (TPSA) is 110 Å². The van der Waals surface area contributed by atoms with Crippen LogP contribution in [0.3, 0.4) is 0 Å². The minimum absolute atomic E-state index is 0.0810. The van der Waals surface area contributed by atoms with Crippen LogP contribution in [-0.2, 0) is 30.9 Å². The number of ether oxygens (including phenoxy) is 2. The Labute approximate surface area is 294 Å². The van der Waals surface area contributed by atoms with Crippen molar-refractivity contribution in [3.05, 3.63) is 118 Å². The molecule has 1 saturated heterocycles. The van der Waals surface area contributed by atoms with E-state index in [1.807, 2.05) is 54.6 Å². The van der Waals surface area contributed by atoms with Gasteiger partial charge in [0.1, 0.15) is 24.1 Å². The van der Waals surface area contributed by atoms with Gasteiger partial charge in [0.05, 0.1) is 35.2 Å². The molecule has 0 atom stereocenters. The zero-order valence-electron chi connectivity index (χ0n) is 27.9. The summed E-state index contributed by atoms with van der Waals surface area (Å²) in [6, 6.07) is 23.9. The molecule has 0 aliphatic carbocycles. The van der Waals surface area contributed by atoms with Crippen molar-refractivity contribution < 1.29 is 18.7 Å². The second-order valence-electron chi connectivity index (χ2n) is 12.6. The number of aromatic amines is 1. The predicted octanol–water partition coefficient (Wildman–Crippen LogP) is 6.68. The smallest absolute Gasteiger partial charge is 0.251 e. The van der Waals surface area contributed by atoms with E-state index < -0.39 is 5.82 Å². The number of piperidine rings is 1. The summed E-state index contributed by atoms with van der Waals surface area (Å²) in [6.45, 7) is 4.23. The number of fused-ring (bicyclic) bond motifs is 2. The quantitative estimate of drug-likeness (QED) is 0.139. The molecule has 1 aliphatic heterocycles. The Balaban J connectivity index is 0.964. The van der Waals surface area contributed by atoms with Gasteiger partial charge in [0.15, 0.2) is 0 Å². The van der Waals surface area contributed by atoms with Gasteiger partial charge in [-0.2, -0.15) is 0 Å². The number of hydrogen-bond donors (Lipinski definition) is 2. The van der Waals surface area contributed by atoms with E-state index in [1.165, 1.54) is 6.07 Å². The largest absolute Gasteiger partial charge is 0.473 e. The Morgan fingerprint density at radius 2 is 1.86 bits per heavy atom. The van der Waals surface area contributed by atoms with Crippen LogP contribution in [-0.4, -0.2) is 68.7 Å². The fourth-order valence-corrected chi connectivity index (χ4v) is 6.67. The highest BCUT2D eigenvalue weighted by atomic mass is 35.5. The summed E-state index contributed by atoms with van der Waals surface area (Å²) in [5.74, 6) is 2.02. The van der Waals surface area contributed by atoms with E-state index >= 15 is 0 Å². The molecule has 0 spiro atoms. The van der Waals surface area contributed by atoms with Crippen LogP contribution in [0.5, 0.6) is 5.88 Å². The molecule has 6 aromatic rings. The minimum Gasteiger partial charge on any atom is -0.473 e. The van der Waals surface area contributed by atoms with Gasteiger partial charge in [-0.25, -0.2) is 19.3 Å². The van der Waals surface area contributed by atoms with Gasteiger partial charge in [0.25, 0.3) is 5.91 Å². The average molecular weight is 696 g/mol. The van der Waals surface area contributed by atoms with Gasteiger partial charge < -0.3 is 24.3 Å². The van der Waals surface area contributed by atoms with E-state index in [9.17, 15) is 9.18 Å². The molecule has 1 amide bonds. The van der Waals surface area contributed by atoms with Crippen LogP contribution >= 0.6 is 11.6 Å². The number of amides is 1. The normalized spacial score (nSPS) is 14.1. The molecule has 1 aliphatic rings. The second-order valence-corrected chi connectivity index (χ2v) is 13.0. The molecule has 10 nitrogen and oxygen atoms in total. The van der Waals surface area contributed by atoms with Gasteiger partial charge in [-0.05, 0) is 74.5 Å². The summed E-state index contributed by atoms with van der Waals surface area (Å²) in [6.07, 6.45) is 2.49. The lowest BCUT2D eigenvalue weighted by molar-refractivity contribution is 0.0954. The fraction of sp³-hybridized carbons (Fsp3) is 0.316. The number of hydrogen-bond acceptors (Lipinski definition) is 7. The van der Waals surface area contributed by atoms with Crippen molar-refractivity contribution in [2.75, 3.05) is 33.4 Å². The summed E-state index contributed by atoms with van der Waals surface area (Å²) in [4.78, 5) is 33.2. The number of H-pyrrole nitrogens is 1. The summed E-state index contributed by atoms with van der Waals surface area (Å²) in [5, 5.41) is 3.38. The van der Waals surface area contributed by atoms with Gasteiger partial charge in [-0.3, -0.25) is 9.69 Å². The summed E-state index contributed by atoms with van der Waals surface area (Å²) in [7, 11) is 1.70. The number of para-hydroxylation sites is 2. The molecular weight excluding hydrogens is 657 g/mol. The number of imidazole rings is 2. The van der Waals surface area contributed by atoms with Crippen molar-refractivity contribution in [3.8, 4) is 5.88 Å². The first-order chi connectivity index (χ1) is 24.4. The van der Waals surface area contributed by atoms with E-state index in [4.69, 9.17) is 31.0 Å². The highest BCUT2D eigenvalue weighted by Crippen LogP contribution is 2.29. The third-order valence-corrected chi connectivity index (χ3v) is 9.44. The Hall–Kier alpha value is -4.84. The molecule has 4 heterocycles. The molecule has 0 radical (unpaired) electrons. The number of pyridine rings is 1. The van der Waals surface area contributed by atoms with Crippen LogP contribution in [0.2, 0.25) is 5.02 Å². The van der Waals surface area contributed by atoms with E-state index in [1.54, 1.807) is 25.3 Å². The zero-order chi connectivity index (χ0) is 34.5. The molecule has 3 aromatic heterocycles. The van der Waals surface area contributed by atoms with E-state index in [2.05, 4.69) is 24.8 Å². The highest BCUT2D eigenvalue weighted by Gasteiger charge is 2.24. The lowest BCUT2D eigenvalue weighted by Gasteiger charge is -2.31. The lowest BCUT2D eigenvalue weighted by atomic mass is 9.93. The predicted molar refractivity (Wildman–Crippen MR) is 191 cm³/mol. The first-order valence-corrected chi connectivity index (χ1v) is 17.3. The number of carbonyl (C=O) groups excluding carboxylic acids is 1. The molecule has 12 heteroatoms. The maximum absolute atomic E-state index is 14.2. The number of halogens is 2. The Kier molecular flexibility index (Phi) is 10.3. The van der Waals surface area contributed by atoms with Crippen molar-refractivity contribution in [1.82, 2.24) is 34.7 Å². The van der Waals surface area contributed by atoms with Crippen molar-refractivity contribution in [2.24, 2.45) is 0 Å². The van der Waals surface area contributed by atoms with Gasteiger partial charge in [0.2, 0.25) is 5.88 Å². The summed E-state index contributed by atoms with van der Waals surface area (Å²) >= 11 is 5.87. The molecule has 0 bridgehead atoms. The molecule has 3 aromatic carbocycles.